The van der Waals surface area contributed by atoms with Gasteiger partial charge in [-0.3, -0.25) is 0 Å². The number of ether oxygens (including phenoxy) is 2. The average Bonchev–Trinajstić information content (AvgIpc) is 2.48. The lowest BCUT2D eigenvalue weighted by Crippen LogP contribution is -2.40. The van der Waals surface area contributed by atoms with Gasteiger partial charge in [-0.1, -0.05) is 33.8 Å². The smallest absolute Gasteiger partial charge is 0.161 e. The van der Waals surface area contributed by atoms with Gasteiger partial charge in [0.2, 0.25) is 0 Å². The highest BCUT2D eigenvalue weighted by Crippen LogP contribution is 2.37. The molecule has 1 aromatic rings. The first-order valence-corrected chi connectivity index (χ1v) is 7.48. The van der Waals surface area contributed by atoms with Gasteiger partial charge < -0.3 is 14.8 Å². The van der Waals surface area contributed by atoms with E-state index in [0.717, 1.165) is 30.9 Å². The summed E-state index contributed by atoms with van der Waals surface area (Å²) in [6, 6.07) is 6.78. The van der Waals surface area contributed by atoms with Crippen LogP contribution in [0.15, 0.2) is 18.2 Å². The van der Waals surface area contributed by atoms with Crippen LogP contribution in [0.1, 0.15) is 46.1 Å². The Morgan fingerprint density at radius 1 is 1.05 bits per heavy atom. The summed E-state index contributed by atoms with van der Waals surface area (Å²) in [6.07, 6.45) is 2.19. The second kappa shape index (κ2) is 7.53. The molecule has 0 radical (unpaired) electrons. The summed E-state index contributed by atoms with van der Waals surface area (Å²) in [4.78, 5) is 0. The lowest BCUT2D eigenvalue weighted by atomic mass is 9.75. The van der Waals surface area contributed by atoms with Gasteiger partial charge in [0, 0.05) is 18.0 Å². The van der Waals surface area contributed by atoms with Crippen LogP contribution in [0.4, 0.5) is 0 Å². The number of nitrogens with one attached hydrogen (secondary N) is 1. The minimum Gasteiger partial charge on any atom is -0.493 e. The van der Waals surface area contributed by atoms with Crippen LogP contribution in [0.5, 0.6) is 11.5 Å². The van der Waals surface area contributed by atoms with Crippen molar-refractivity contribution < 1.29 is 9.47 Å². The van der Waals surface area contributed by atoms with Crippen molar-refractivity contribution in [2.45, 2.75) is 52.0 Å². The molecule has 3 nitrogen and oxygen atoms in total. The topological polar surface area (TPSA) is 30.5 Å². The van der Waals surface area contributed by atoms with E-state index in [1.54, 1.807) is 14.2 Å². The molecule has 0 aromatic heterocycles. The molecule has 0 fully saturated rings. The van der Waals surface area contributed by atoms with Crippen LogP contribution >= 0.6 is 0 Å². The lowest BCUT2D eigenvalue weighted by molar-refractivity contribution is 0.340. The van der Waals surface area contributed by atoms with Crippen LogP contribution < -0.4 is 14.8 Å². The molecule has 0 aliphatic rings. The zero-order valence-corrected chi connectivity index (χ0v) is 13.7. The molecule has 0 bridgehead atoms. The van der Waals surface area contributed by atoms with E-state index in [-0.39, 0.29) is 5.41 Å². The summed E-state index contributed by atoms with van der Waals surface area (Å²) in [7, 11) is 3.36. The van der Waals surface area contributed by atoms with Gasteiger partial charge in [-0.2, -0.15) is 0 Å². The van der Waals surface area contributed by atoms with Crippen molar-refractivity contribution in [3.8, 4) is 11.5 Å². The average molecular weight is 279 g/mol. The second-order valence-electron chi connectivity index (χ2n) is 5.59. The van der Waals surface area contributed by atoms with E-state index in [1.807, 2.05) is 6.07 Å². The van der Waals surface area contributed by atoms with Crippen molar-refractivity contribution >= 4 is 0 Å². The van der Waals surface area contributed by atoms with Crippen molar-refractivity contribution in [1.82, 2.24) is 5.32 Å². The van der Waals surface area contributed by atoms with Gasteiger partial charge >= 0.3 is 0 Å². The molecule has 0 atom stereocenters. The van der Waals surface area contributed by atoms with E-state index in [1.165, 1.54) is 5.56 Å². The number of rotatable bonds is 8. The molecule has 1 N–H and O–H groups in total. The molecule has 1 rings (SSSR count). The van der Waals surface area contributed by atoms with Crippen molar-refractivity contribution in [1.29, 1.82) is 0 Å². The molecule has 0 amide bonds. The van der Waals surface area contributed by atoms with E-state index in [0.29, 0.717) is 6.04 Å². The van der Waals surface area contributed by atoms with Crippen molar-refractivity contribution in [3.05, 3.63) is 23.8 Å². The summed E-state index contributed by atoms with van der Waals surface area (Å²) >= 11 is 0. The van der Waals surface area contributed by atoms with Crippen molar-refractivity contribution in [2.24, 2.45) is 0 Å². The molecule has 0 heterocycles. The van der Waals surface area contributed by atoms with Gasteiger partial charge in [0.25, 0.3) is 0 Å². The van der Waals surface area contributed by atoms with Gasteiger partial charge in [-0.25, -0.2) is 0 Å². The number of hydrogen-bond acceptors (Lipinski definition) is 3. The molecule has 0 aliphatic carbocycles. The zero-order chi connectivity index (χ0) is 15.2. The Morgan fingerprint density at radius 2 is 1.65 bits per heavy atom. The van der Waals surface area contributed by atoms with Crippen LogP contribution in [0, 0.1) is 0 Å². The maximum Gasteiger partial charge on any atom is 0.161 e. The Balaban J connectivity index is 3.13. The highest BCUT2D eigenvalue weighted by Gasteiger charge is 2.29. The van der Waals surface area contributed by atoms with Crippen molar-refractivity contribution in [2.75, 3.05) is 20.8 Å². The highest BCUT2D eigenvalue weighted by molar-refractivity contribution is 5.45. The normalized spacial score (nSPS) is 11.8. The third-order valence-electron chi connectivity index (χ3n) is 4.20. The standard InChI is InChI=1S/C17H29NO2/c1-7-17(8-2,12-18-13(3)4)14-9-10-15(19-5)16(11-14)20-6/h9-11,13,18H,7-8,12H2,1-6H3. The van der Waals surface area contributed by atoms with Crippen LogP contribution in [0.25, 0.3) is 0 Å². The maximum atomic E-state index is 5.44. The van der Waals surface area contributed by atoms with E-state index in [4.69, 9.17) is 9.47 Å². The van der Waals surface area contributed by atoms with E-state index >= 15 is 0 Å². The zero-order valence-electron chi connectivity index (χ0n) is 13.7. The fraction of sp³-hybridized carbons (Fsp3) is 0.647. The minimum absolute atomic E-state index is 0.143. The predicted molar refractivity (Wildman–Crippen MR) is 84.9 cm³/mol. The fourth-order valence-electron chi connectivity index (χ4n) is 2.58. The first kappa shape index (κ1) is 16.8. The molecule has 0 saturated heterocycles. The van der Waals surface area contributed by atoms with Crippen LogP contribution in [-0.4, -0.2) is 26.8 Å². The summed E-state index contributed by atoms with van der Waals surface area (Å²) in [5, 5.41) is 3.58. The number of benzene rings is 1. The summed E-state index contributed by atoms with van der Waals surface area (Å²) in [5.74, 6) is 1.59. The maximum absolute atomic E-state index is 5.44. The Bertz CT molecular complexity index is 411. The SMILES string of the molecule is CCC(CC)(CNC(C)C)c1ccc(OC)c(OC)c1. The third-order valence-corrected chi connectivity index (χ3v) is 4.20. The highest BCUT2D eigenvalue weighted by atomic mass is 16.5. The fourth-order valence-corrected chi connectivity index (χ4v) is 2.58. The third kappa shape index (κ3) is 3.66. The minimum atomic E-state index is 0.143. The molecule has 0 unspecified atom stereocenters. The van der Waals surface area contributed by atoms with Gasteiger partial charge in [-0.15, -0.1) is 0 Å². The van der Waals surface area contributed by atoms with Gasteiger partial charge in [0.15, 0.2) is 11.5 Å². The van der Waals surface area contributed by atoms with Crippen LogP contribution in [-0.2, 0) is 5.41 Å². The number of hydrogen-bond donors (Lipinski definition) is 1. The molecular formula is C17H29NO2. The predicted octanol–water partition coefficient (Wildman–Crippen LogP) is 3.76. The lowest BCUT2D eigenvalue weighted by Gasteiger charge is -2.34. The molecule has 3 heteroatoms. The quantitative estimate of drug-likeness (QED) is 0.786. The summed E-state index contributed by atoms with van der Waals surface area (Å²) < 4.78 is 10.8. The van der Waals surface area contributed by atoms with Gasteiger partial charge in [0.05, 0.1) is 14.2 Å². The van der Waals surface area contributed by atoms with Crippen LogP contribution in [0.2, 0.25) is 0 Å². The molecule has 20 heavy (non-hydrogen) atoms. The second-order valence-corrected chi connectivity index (χ2v) is 5.59. The van der Waals surface area contributed by atoms with Crippen molar-refractivity contribution in [3.63, 3.8) is 0 Å². The van der Waals surface area contributed by atoms with E-state index in [9.17, 15) is 0 Å². The molecular weight excluding hydrogens is 250 g/mol. The Morgan fingerprint density at radius 3 is 2.10 bits per heavy atom. The largest absolute Gasteiger partial charge is 0.493 e. The van der Waals surface area contributed by atoms with E-state index < -0.39 is 0 Å². The number of methoxy groups -OCH3 is 2. The molecule has 114 valence electrons. The van der Waals surface area contributed by atoms with Gasteiger partial charge in [0.1, 0.15) is 0 Å². The first-order chi connectivity index (χ1) is 9.52. The van der Waals surface area contributed by atoms with E-state index in [2.05, 4.69) is 45.1 Å². The molecule has 0 saturated carbocycles. The molecule has 0 spiro atoms. The molecule has 0 aliphatic heterocycles. The Hall–Kier alpha value is -1.22. The summed E-state index contributed by atoms with van der Waals surface area (Å²) in [6.45, 7) is 9.85. The Kier molecular flexibility index (Phi) is 6.34. The Labute approximate surface area is 123 Å². The summed E-state index contributed by atoms with van der Waals surface area (Å²) in [5.41, 5.74) is 1.46. The first-order valence-electron chi connectivity index (χ1n) is 7.48. The monoisotopic (exact) mass is 279 g/mol. The van der Waals surface area contributed by atoms with Gasteiger partial charge in [-0.05, 0) is 30.5 Å². The van der Waals surface area contributed by atoms with Crippen LogP contribution in [0.3, 0.4) is 0 Å². The molecule has 1 aromatic carbocycles.